The number of hydrogen-bond acceptors (Lipinski definition) is 2. The molecule has 3 fully saturated rings. The number of aromatic carboxylic acids is 1. The van der Waals surface area contributed by atoms with Gasteiger partial charge in [-0.2, -0.15) is 0 Å². The Balaban J connectivity index is 1.65. The number of hydrogen-bond donors (Lipinski definition) is 1. The molecule has 0 heterocycles. The molecule has 0 unspecified atom stereocenters. The van der Waals surface area contributed by atoms with Crippen molar-refractivity contribution in [2.24, 2.45) is 11.8 Å². The minimum atomic E-state index is -1.22. The Morgan fingerprint density at radius 2 is 2.00 bits per heavy atom. The van der Waals surface area contributed by atoms with Gasteiger partial charge in [0.15, 0.2) is 11.6 Å². The fourth-order valence-corrected chi connectivity index (χ4v) is 4.01. The largest absolute Gasteiger partial charge is 0.487 e. The topological polar surface area (TPSA) is 46.5 Å². The summed E-state index contributed by atoms with van der Waals surface area (Å²) in [5.41, 5.74) is 0.657. The Labute approximate surface area is 123 Å². The van der Waals surface area contributed by atoms with Crippen molar-refractivity contribution in [2.45, 2.75) is 50.5 Å². The number of carbonyl (C=O) groups is 1. The molecule has 112 valence electrons. The first-order valence-corrected chi connectivity index (χ1v) is 7.85. The summed E-state index contributed by atoms with van der Waals surface area (Å²) in [7, 11) is 0. The summed E-state index contributed by atoms with van der Waals surface area (Å²) in [4.78, 5) is 11.2. The first-order chi connectivity index (χ1) is 10.1. The van der Waals surface area contributed by atoms with E-state index >= 15 is 0 Å². The fraction of sp³-hybridized carbons (Fsp3) is 0.588. The van der Waals surface area contributed by atoms with Crippen LogP contribution in [0.25, 0.3) is 0 Å². The molecule has 3 aliphatic rings. The Bertz CT molecular complexity index is 594. The number of halogens is 1. The van der Waals surface area contributed by atoms with Crippen LogP contribution < -0.4 is 4.74 Å². The predicted molar refractivity (Wildman–Crippen MR) is 75.2 cm³/mol. The van der Waals surface area contributed by atoms with Gasteiger partial charge in [0.2, 0.25) is 0 Å². The van der Waals surface area contributed by atoms with Crippen molar-refractivity contribution in [3.8, 4) is 5.75 Å². The molecule has 2 bridgehead atoms. The number of carboxylic acid groups (broad SMARTS) is 1. The third kappa shape index (κ3) is 2.30. The van der Waals surface area contributed by atoms with Crippen molar-refractivity contribution < 1.29 is 19.0 Å². The zero-order chi connectivity index (χ0) is 14.6. The molecule has 1 aromatic rings. The van der Waals surface area contributed by atoms with Crippen molar-refractivity contribution in [1.29, 1.82) is 0 Å². The molecule has 3 nitrogen and oxygen atoms in total. The number of benzene rings is 1. The van der Waals surface area contributed by atoms with Crippen LogP contribution in [0.3, 0.4) is 0 Å². The maximum absolute atomic E-state index is 14.4. The van der Waals surface area contributed by atoms with Crippen molar-refractivity contribution in [1.82, 2.24) is 0 Å². The van der Waals surface area contributed by atoms with Gasteiger partial charge in [0, 0.05) is 0 Å². The van der Waals surface area contributed by atoms with Crippen LogP contribution in [0.4, 0.5) is 4.39 Å². The molecule has 21 heavy (non-hydrogen) atoms. The molecule has 3 saturated carbocycles. The van der Waals surface area contributed by atoms with E-state index in [1.165, 1.54) is 18.9 Å². The maximum atomic E-state index is 14.4. The molecular weight excluding hydrogens is 271 g/mol. The van der Waals surface area contributed by atoms with Crippen LogP contribution in [-0.4, -0.2) is 17.2 Å². The third-order valence-electron chi connectivity index (χ3n) is 5.29. The zero-order valence-electron chi connectivity index (χ0n) is 11.8. The second kappa shape index (κ2) is 4.72. The highest BCUT2D eigenvalue weighted by Crippen LogP contribution is 2.47. The molecule has 0 aromatic heterocycles. The van der Waals surface area contributed by atoms with Crippen LogP contribution >= 0.6 is 0 Å². The molecule has 1 N–H and O–H groups in total. The lowest BCUT2D eigenvalue weighted by molar-refractivity contribution is 0.0688. The van der Waals surface area contributed by atoms with Crippen molar-refractivity contribution >= 4 is 5.97 Å². The van der Waals surface area contributed by atoms with E-state index in [0.29, 0.717) is 17.8 Å². The van der Waals surface area contributed by atoms with Crippen LogP contribution in [-0.2, 0) is 0 Å². The number of ether oxygens (including phenoxy) is 1. The smallest absolute Gasteiger partial charge is 0.338 e. The van der Waals surface area contributed by atoms with Crippen LogP contribution in [0, 0.1) is 17.7 Å². The fourth-order valence-electron chi connectivity index (χ4n) is 4.01. The lowest BCUT2D eigenvalue weighted by Crippen LogP contribution is -2.24. The molecule has 0 radical (unpaired) electrons. The molecule has 0 spiro atoms. The minimum absolute atomic E-state index is 0.0642. The molecule has 3 atom stereocenters. The van der Waals surface area contributed by atoms with E-state index in [1.54, 1.807) is 6.07 Å². The third-order valence-corrected chi connectivity index (χ3v) is 5.29. The molecule has 0 aliphatic heterocycles. The Morgan fingerprint density at radius 3 is 2.57 bits per heavy atom. The highest BCUT2D eigenvalue weighted by atomic mass is 19.1. The number of rotatable bonds is 4. The van der Waals surface area contributed by atoms with E-state index in [-0.39, 0.29) is 17.4 Å². The lowest BCUT2D eigenvalue weighted by Gasteiger charge is -2.24. The molecule has 0 saturated heterocycles. The molecule has 3 aliphatic carbocycles. The Morgan fingerprint density at radius 1 is 1.19 bits per heavy atom. The molecule has 4 heteroatoms. The van der Waals surface area contributed by atoms with E-state index in [0.717, 1.165) is 31.2 Å². The summed E-state index contributed by atoms with van der Waals surface area (Å²) in [6, 6.07) is 3.20. The first-order valence-electron chi connectivity index (χ1n) is 7.85. The lowest BCUT2D eigenvalue weighted by atomic mass is 9.97. The quantitative estimate of drug-likeness (QED) is 0.912. The van der Waals surface area contributed by atoms with Gasteiger partial charge in [-0.05, 0) is 74.0 Å². The van der Waals surface area contributed by atoms with Gasteiger partial charge in [0.25, 0.3) is 0 Å². The highest BCUT2D eigenvalue weighted by molar-refractivity contribution is 5.88. The minimum Gasteiger partial charge on any atom is -0.487 e. The van der Waals surface area contributed by atoms with Crippen LogP contribution in [0.15, 0.2) is 12.1 Å². The summed E-state index contributed by atoms with van der Waals surface area (Å²) in [6.07, 6.45) is 6.76. The maximum Gasteiger partial charge on any atom is 0.338 e. The van der Waals surface area contributed by atoms with Crippen molar-refractivity contribution in [3.63, 3.8) is 0 Å². The van der Waals surface area contributed by atoms with E-state index < -0.39 is 11.8 Å². The molecule has 0 amide bonds. The van der Waals surface area contributed by atoms with E-state index in [2.05, 4.69) is 0 Å². The van der Waals surface area contributed by atoms with Crippen molar-refractivity contribution in [3.05, 3.63) is 29.1 Å². The Hall–Kier alpha value is -1.58. The predicted octanol–water partition coefficient (Wildman–Crippen LogP) is 3.97. The van der Waals surface area contributed by atoms with Crippen LogP contribution in [0.2, 0.25) is 0 Å². The second-order valence-electron chi connectivity index (χ2n) is 6.79. The highest BCUT2D eigenvalue weighted by Gasteiger charge is 2.41. The van der Waals surface area contributed by atoms with Gasteiger partial charge in [-0.1, -0.05) is 0 Å². The molecular formula is C17H19FO3. The van der Waals surface area contributed by atoms with Gasteiger partial charge in [0.1, 0.15) is 6.10 Å². The summed E-state index contributed by atoms with van der Waals surface area (Å²) in [5.74, 6) is -0.163. The Kier molecular flexibility index (Phi) is 2.95. The zero-order valence-corrected chi connectivity index (χ0v) is 11.8. The van der Waals surface area contributed by atoms with Gasteiger partial charge in [-0.15, -0.1) is 0 Å². The first kappa shape index (κ1) is 13.1. The monoisotopic (exact) mass is 290 g/mol. The SMILES string of the molecule is O=C(O)c1cc(C2CC2)cc(O[C@@H]2C[C@@H]3CC[C@H]2C3)c1F. The van der Waals surface area contributed by atoms with Gasteiger partial charge in [-0.3, -0.25) is 0 Å². The number of carboxylic acids is 1. The summed E-state index contributed by atoms with van der Waals surface area (Å²) < 4.78 is 20.3. The van der Waals surface area contributed by atoms with Gasteiger partial charge in [0.05, 0.1) is 5.56 Å². The average Bonchev–Trinajstić information content (AvgIpc) is 3.10. The van der Waals surface area contributed by atoms with Gasteiger partial charge in [-0.25, -0.2) is 9.18 Å². The average molecular weight is 290 g/mol. The van der Waals surface area contributed by atoms with Crippen molar-refractivity contribution in [2.75, 3.05) is 0 Å². The number of fused-ring (bicyclic) bond motifs is 2. The molecule has 4 rings (SSSR count). The van der Waals surface area contributed by atoms with Crippen LogP contribution in [0.1, 0.15) is 60.4 Å². The summed E-state index contributed by atoms with van der Waals surface area (Å²) >= 11 is 0. The standard InChI is InChI=1S/C17H19FO3/c18-16-13(17(19)20)7-12(10-3-4-10)8-15(16)21-14-6-9-1-2-11(14)5-9/h7-11,14H,1-6H2,(H,19,20)/t9-,11+,14-/m1/s1. The van der Waals surface area contributed by atoms with Crippen LogP contribution in [0.5, 0.6) is 5.75 Å². The molecule has 1 aromatic carbocycles. The van der Waals surface area contributed by atoms with E-state index in [1.807, 2.05) is 0 Å². The van der Waals surface area contributed by atoms with E-state index in [9.17, 15) is 14.3 Å². The normalized spacial score (nSPS) is 30.6. The summed E-state index contributed by atoms with van der Waals surface area (Å²) in [5, 5.41) is 9.19. The summed E-state index contributed by atoms with van der Waals surface area (Å²) in [6.45, 7) is 0. The van der Waals surface area contributed by atoms with Gasteiger partial charge < -0.3 is 9.84 Å². The second-order valence-corrected chi connectivity index (χ2v) is 6.79. The van der Waals surface area contributed by atoms with Gasteiger partial charge >= 0.3 is 5.97 Å². The van der Waals surface area contributed by atoms with E-state index in [4.69, 9.17) is 4.74 Å².